The van der Waals surface area contributed by atoms with Crippen molar-refractivity contribution in [2.24, 2.45) is 0 Å². The average molecular weight is 292 g/mol. The molecule has 4 nitrogen and oxygen atoms in total. The lowest BCUT2D eigenvalue weighted by Crippen LogP contribution is -2.39. The summed E-state index contributed by atoms with van der Waals surface area (Å²) >= 11 is 0. The molecule has 116 valence electrons. The number of rotatable bonds is 5. The molecule has 4 heteroatoms. The van der Waals surface area contributed by atoms with E-state index in [4.69, 9.17) is 9.47 Å². The monoisotopic (exact) mass is 292 g/mol. The molecule has 0 amide bonds. The van der Waals surface area contributed by atoms with Gasteiger partial charge in [-0.25, -0.2) is 0 Å². The highest BCUT2D eigenvalue weighted by molar-refractivity contribution is 5.23. The van der Waals surface area contributed by atoms with Crippen molar-refractivity contribution >= 4 is 0 Å². The fourth-order valence-corrected chi connectivity index (χ4v) is 2.33. The van der Waals surface area contributed by atoms with Crippen LogP contribution in [0.4, 0.5) is 0 Å². The average Bonchev–Trinajstić information content (AvgIpc) is 2.66. The Hall–Kier alpha value is -1.20. The van der Waals surface area contributed by atoms with Crippen molar-refractivity contribution in [2.45, 2.75) is 51.3 Å². The molecule has 1 aliphatic carbocycles. The molecule has 0 unspecified atom stereocenters. The zero-order valence-electron chi connectivity index (χ0n) is 12.8. The van der Waals surface area contributed by atoms with Gasteiger partial charge in [0.1, 0.15) is 18.3 Å². The summed E-state index contributed by atoms with van der Waals surface area (Å²) in [5, 5.41) is 19.8. The first-order valence-electron chi connectivity index (χ1n) is 7.23. The van der Waals surface area contributed by atoms with Crippen LogP contribution in [0.3, 0.4) is 0 Å². The van der Waals surface area contributed by atoms with Gasteiger partial charge in [-0.3, -0.25) is 0 Å². The molecule has 1 aromatic rings. The number of hydrogen-bond donors (Lipinski definition) is 2. The summed E-state index contributed by atoms with van der Waals surface area (Å²) in [6.45, 7) is 6.60. The first-order chi connectivity index (χ1) is 9.87. The number of hydrogen-bond acceptors (Lipinski definition) is 4. The van der Waals surface area contributed by atoms with E-state index in [0.29, 0.717) is 13.2 Å². The Morgan fingerprint density at radius 2 is 1.71 bits per heavy atom. The molecule has 0 bridgehead atoms. The molecule has 0 heterocycles. The standard InChI is InChI=1S/C17H24O4/c1-17(2,3)21-16-13(9-14(18)15(16)19)11-20-10-12-7-5-4-6-8-12/h4-9,14-16,18-19H,10-11H2,1-3H3/t14-,15-,16+/m0/s1. The lowest BCUT2D eigenvalue weighted by atomic mass is 10.1. The number of ether oxygens (including phenoxy) is 2. The Labute approximate surface area is 126 Å². The van der Waals surface area contributed by atoms with Crippen molar-refractivity contribution in [2.75, 3.05) is 6.61 Å². The van der Waals surface area contributed by atoms with Crippen LogP contribution in [0.25, 0.3) is 0 Å². The van der Waals surface area contributed by atoms with Crippen LogP contribution in [0.1, 0.15) is 26.3 Å². The second kappa shape index (κ2) is 6.71. The Morgan fingerprint density at radius 3 is 2.33 bits per heavy atom. The van der Waals surface area contributed by atoms with Crippen molar-refractivity contribution in [3.8, 4) is 0 Å². The second-order valence-electron chi connectivity index (χ2n) is 6.35. The molecule has 21 heavy (non-hydrogen) atoms. The van der Waals surface area contributed by atoms with Gasteiger partial charge in [0.15, 0.2) is 0 Å². The third-order valence-electron chi connectivity index (χ3n) is 3.27. The molecule has 0 fully saturated rings. The lowest BCUT2D eigenvalue weighted by molar-refractivity contribution is -0.109. The van der Waals surface area contributed by atoms with E-state index in [1.807, 2.05) is 51.1 Å². The van der Waals surface area contributed by atoms with Crippen LogP contribution in [0.15, 0.2) is 42.0 Å². The number of benzene rings is 1. The van der Waals surface area contributed by atoms with Gasteiger partial charge in [-0.15, -0.1) is 0 Å². The molecule has 1 aliphatic rings. The third-order valence-corrected chi connectivity index (χ3v) is 3.27. The molecule has 3 atom stereocenters. The van der Waals surface area contributed by atoms with E-state index in [2.05, 4.69) is 0 Å². The van der Waals surface area contributed by atoms with Crippen LogP contribution in [0, 0.1) is 0 Å². The van der Waals surface area contributed by atoms with Gasteiger partial charge in [-0.1, -0.05) is 30.3 Å². The van der Waals surface area contributed by atoms with Crippen molar-refractivity contribution in [3.05, 3.63) is 47.5 Å². The topological polar surface area (TPSA) is 58.9 Å². The minimum atomic E-state index is -0.931. The van der Waals surface area contributed by atoms with Crippen LogP contribution in [-0.4, -0.2) is 40.7 Å². The maximum Gasteiger partial charge on any atom is 0.114 e. The van der Waals surface area contributed by atoms with Gasteiger partial charge >= 0.3 is 0 Å². The van der Waals surface area contributed by atoms with Crippen molar-refractivity contribution in [1.82, 2.24) is 0 Å². The molecule has 0 saturated heterocycles. The van der Waals surface area contributed by atoms with E-state index in [9.17, 15) is 10.2 Å². The van der Waals surface area contributed by atoms with Gasteiger partial charge in [-0.2, -0.15) is 0 Å². The Balaban J connectivity index is 1.92. The predicted octanol–water partition coefficient (Wildman–Crippen LogP) is 2.05. The summed E-state index contributed by atoms with van der Waals surface area (Å²) < 4.78 is 11.5. The van der Waals surface area contributed by atoms with Crippen LogP contribution < -0.4 is 0 Å². The van der Waals surface area contributed by atoms with Crippen LogP contribution in [0.2, 0.25) is 0 Å². The van der Waals surface area contributed by atoms with E-state index in [-0.39, 0.29) is 0 Å². The van der Waals surface area contributed by atoms with Gasteiger partial charge in [0.25, 0.3) is 0 Å². The van der Waals surface area contributed by atoms with Gasteiger partial charge < -0.3 is 19.7 Å². The van der Waals surface area contributed by atoms with E-state index >= 15 is 0 Å². The van der Waals surface area contributed by atoms with Gasteiger partial charge in [0.05, 0.1) is 18.8 Å². The summed E-state index contributed by atoms with van der Waals surface area (Å²) in [5.41, 5.74) is 1.49. The molecular formula is C17H24O4. The molecule has 0 aliphatic heterocycles. The lowest BCUT2D eigenvalue weighted by Gasteiger charge is -2.29. The highest BCUT2D eigenvalue weighted by atomic mass is 16.5. The first kappa shape index (κ1) is 16.2. The summed E-state index contributed by atoms with van der Waals surface area (Å²) in [7, 11) is 0. The molecule has 0 radical (unpaired) electrons. The fourth-order valence-electron chi connectivity index (χ4n) is 2.33. The van der Waals surface area contributed by atoms with Gasteiger partial charge in [-0.05, 0) is 38.0 Å². The van der Waals surface area contributed by atoms with E-state index in [0.717, 1.165) is 11.1 Å². The zero-order chi connectivity index (χ0) is 15.5. The van der Waals surface area contributed by atoms with Crippen LogP contribution in [-0.2, 0) is 16.1 Å². The maximum absolute atomic E-state index is 10.0. The molecular weight excluding hydrogens is 268 g/mol. The summed E-state index contributed by atoms with van der Waals surface area (Å²) in [6.07, 6.45) is -0.713. The van der Waals surface area contributed by atoms with E-state index in [1.54, 1.807) is 6.08 Å². The summed E-state index contributed by atoms with van der Waals surface area (Å²) in [6, 6.07) is 9.88. The van der Waals surface area contributed by atoms with Crippen molar-refractivity contribution < 1.29 is 19.7 Å². The van der Waals surface area contributed by atoms with Crippen molar-refractivity contribution in [1.29, 1.82) is 0 Å². The van der Waals surface area contributed by atoms with Gasteiger partial charge in [0, 0.05) is 0 Å². The number of aliphatic hydroxyl groups excluding tert-OH is 2. The second-order valence-corrected chi connectivity index (χ2v) is 6.35. The summed E-state index contributed by atoms with van der Waals surface area (Å²) in [4.78, 5) is 0. The Bertz CT molecular complexity index is 475. The molecule has 1 aromatic carbocycles. The quantitative estimate of drug-likeness (QED) is 0.816. The number of aliphatic hydroxyl groups is 2. The van der Waals surface area contributed by atoms with Crippen LogP contribution >= 0.6 is 0 Å². The maximum atomic E-state index is 10.0. The van der Waals surface area contributed by atoms with Crippen molar-refractivity contribution in [3.63, 3.8) is 0 Å². The normalized spacial score (nSPS) is 26.0. The first-order valence-corrected chi connectivity index (χ1v) is 7.23. The molecule has 0 aromatic heterocycles. The van der Waals surface area contributed by atoms with Crippen LogP contribution in [0.5, 0.6) is 0 Å². The third kappa shape index (κ3) is 4.64. The molecule has 2 rings (SSSR count). The minimum Gasteiger partial charge on any atom is -0.387 e. The molecule has 0 spiro atoms. The predicted molar refractivity (Wildman–Crippen MR) is 80.8 cm³/mol. The van der Waals surface area contributed by atoms with E-state index < -0.39 is 23.9 Å². The van der Waals surface area contributed by atoms with Gasteiger partial charge in [0.2, 0.25) is 0 Å². The van der Waals surface area contributed by atoms with E-state index in [1.165, 1.54) is 0 Å². The Morgan fingerprint density at radius 1 is 1.05 bits per heavy atom. The zero-order valence-corrected chi connectivity index (χ0v) is 12.8. The highest BCUT2D eigenvalue weighted by Gasteiger charge is 2.38. The SMILES string of the molecule is CC(C)(C)O[C@@H]1C(COCc2ccccc2)=C[C@H](O)[C@@H]1O. The summed E-state index contributed by atoms with van der Waals surface area (Å²) in [5.74, 6) is 0. The fraction of sp³-hybridized carbons (Fsp3) is 0.529. The Kier molecular flexibility index (Phi) is 5.17. The highest BCUT2D eigenvalue weighted by Crippen LogP contribution is 2.27. The smallest absolute Gasteiger partial charge is 0.114 e. The largest absolute Gasteiger partial charge is 0.387 e. The minimum absolute atomic E-state index is 0.337. The molecule has 2 N–H and O–H groups in total. The molecule has 0 saturated carbocycles.